The SMILES string of the molecule is COc1ccc(C2=NN(C3CCN(C(=O)[C@H](Cc4ccccc4)NC(=O)O)CC3)C(=O)[C@@H]3CCCC[C@H]23)cc1OC. The van der Waals surface area contributed by atoms with Crippen LogP contribution in [0.4, 0.5) is 4.79 Å². The van der Waals surface area contributed by atoms with Gasteiger partial charge in [0.05, 0.1) is 26.0 Å². The minimum absolute atomic E-state index is 0.0631. The maximum absolute atomic E-state index is 13.7. The Labute approximate surface area is 240 Å². The molecule has 5 rings (SSSR count). The van der Waals surface area contributed by atoms with Crippen LogP contribution in [0.2, 0.25) is 0 Å². The summed E-state index contributed by atoms with van der Waals surface area (Å²) >= 11 is 0. The molecule has 2 aliphatic heterocycles. The Kier molecular flexibility index (Phi) is 8.75. The van der Waals surface area contributed by atoms with Gasteiger partial charge in [-0.25, -0.2) is 9.80 Å². The summed E-state index contributed by atoms with van der Waals surface area (Å²) in [6, 6.07) is 14.1. The standard InChI is InChI=1S/C31H38N4O6/c1-40-26-13-12-21(19-27(26)41-2)28-23-10-6-7-11-24(23)29(36)35(33-28)22-14-16-34(17-15-22)30(37)25(32-31(38)39)18-20-8-4-3-5-9-20/h3-5,8-9,12-13,19,22-25,32H,6-7,10-11,14-18H2,1-2H3,(H,38,39)/t23-,24+,25-/m0/s1. The zero-order valence-electron chi connectivity index (χ0n) is 23.6. The van der Waals surface area contributed by atoms with Gasteiger partial charge in [0.25, 0.3) is 0 Å². The molecule has 0 radical (unpaired) electrons. The summed E-state index contributed by atoms with van der Waals surface area (Å²) < 4.78 is 11.0. The highest BCUT2D eigenvalue weighted by molar-refractivity contribution is 6.07. The number of fused-ring (bicyclic) bond motifs is 1. The number of ether oxygens (including phenoxy) is 2. The predicted molar refractivity (Wildman–Crippen MR) is 153 cm³/mol. The highest BCUT2D eigenvalue weighted by Crippen LogP contribution is 2.40. The largest absolute Gasteiger partial charge is 0.493 e. The molecule has 1 saturated heterocycles. The lowest BCUT2D eigenvalue weighted by Gasteiger charge is -2.43. The van der Waals surface area contributed by atoms with Crippen molar-refractivity contribution in [1.82, 2.24) is 15.2 Å². The number of amides is 3. The lowest BCUT2D eigenvalue weighted by Crippen LogP contribution is -2.55. The van der Waals surface area contributed by atoms with Crippen LogP contribution in [0.1, 0.15) is 49.7 Å². The van der Waals surface area contributed by atoms with Crippen molar-refractivity contribution < 1.29 is 29.0 Å². The van der Waals surface area contributed by atoms with Crippen molar-refractivity contribution in [3.8, 4) is 11.5 Å². The number of carbonyl (C=O) groups is 3. The third-order valence-electron chi connectivity index (χ3n) is 8.56. The molecule has 3 amide bonds. The number of benzene rings is 2. The molecule has 41 heavy (non-hydrogen) atoms. The van der Waals surface area contributed by atoms with Gasteiger partial charge in [-0.05, 0) is 49.4 Å². The number of methoxy groups -OCH3 is 2. The van der Waals surface area contributed by atoms with Gasteiger partial charge in [0.15, 0.2) is 11.5 Å². The fourth-order valence-corrected chi connectivity index (χ4v) is 6.44. The zero-order valence-corrected chi connectivity index (χ0v) is 23.6. The third-order valence-corrected chi connectivity index (χ3v) is 8.56. The van der Waals surface area contributed by atoms with Crippen LogP contribution in [0, 0.1) is 11.8 Å². The molecule has 2 aromatic rings. The Hall–Kier alpha value is -4.08. The van der Waals surface area contributed by atoms with Crippen molar-refractivity contribution in [1.29, 1.82) is 0 Å². The minimum Gasteiger partial charge on any atom is -0.493 e. The molecule has 218 valence electrons. The van der Waals surface area contributed by atoms with Crippen LogP contribution < -0.4 is 14.8 Å². The van der Waals surface area contributed by atoms with Gasteiger partial charge in [-0.15, -0.1) is 0 Å². The van der Waals surface area contributed by atoms with E-state index in [2.05, 4.69) is 5.32 Å². The van der Waals surface area contributed by atoms with Crippen LogP contribution in [0.5, 0.6) is 11.5 Å². The first-order valence-corrected chi connectivity index (χ1v) is 14.4. The molecule has 10 heteroatoms. The van der Waals surface area contributed by atoms with Crippen molar-refractivity contribution in [2.75, 3.05) is 27.3 Å². The lowest BCUT2D eigenvalue weighted by atomic mass is 9.73. The van der Waals surface area contributed by atoms with E-state index in [1.165, 1.54) is 0 Å². The molecular formula is C31H38N4O6. The summed E-state index contributed by atoms with van der Waals surface area (Å²) in [5.41, 5.74) is 2.71. The number of piperidine rings is 1. The molecule has 1 aliphatic carbocycles. The second kappa shape index (κ2) is 12.6. The number of carbonyl (C=O) groups excluding carboxylic acids is 2. The molecule has 0 spiro atoms. The van der Waals surface area contributed by atoms with Crippen LogP contribution in [0.15, 0.2) is 53.6 Å². The van der Waals surface area contributed by atoms with Crippen molar-refractivity contribution in [3.63, 3.8) is 0 Å². The fourth-order valence-electron chi connectivity index (χ4n) is 6.44. The average Bonchev–Trinajstić information content (AvgIpc) is 3.01. The van der Waals surface area contributed by atoms with E-state index in [9.17, 15) is 19.5 Å². The molecule has 0 unspecified atom stereocenters. The van der Waals surface area contributed by atoms with Crippen LogP contribution in [-0.4, -0.2) is 78.0 Å². The highest BCUT2D eigenvalue weighted by Gasteiger charge is 2.44. The number of hydrazone groups is 1. The Balaban J connectivity index is 1.34. The summed E-state index contributed by atoms with van der Waals surface area (Å²) in [4.78, 5) is 40.3. The van der Waals surface area contributed by atoms with Gasteiger partial charge >= 0.3 is 6.09 Å². The van der Waals surface area contributed by atoms with Crippen LogP contribution in [-0.2, 0) is 16.0 Å². The van der Waals surface area contributed by atoms with E-state index in [0.717, 1.165) is 42.5 Å². The Morgan fingerprint density at radius 3 is 2.32 bits per heavy atom. The maximum atomic E-state index is 13.7. The smallest absolute Gasteiger partial charge is 0.405 e. The molecule has 1 saturated carbocycles. The van der Waals surface area contributed by atoms with Gasteiger partial charge in [-0.1, -0.05) is 43.2 Å². The monoisotopic (exact) mass is 562 g/mol. The summed E-state index contributed by atoms with van der Waals surface area (Å²) in [7, 11) is 3.21. The minimum atomic E-state index is -1.23. The molecule has 3 aliphatic rings. The second-order valence-electron chi connectivity index (χ2n) is 11.0. The maximum Gasteiger partial charge on any atom is 0.405 e. The van der Waals surface area contributed by atoms with Gasteiger partial charge in [0, 0.05) is 36.9 Å². The Bertz CT molecular complexity index is 1290. The number of nitrogens with zero attached hydrogens (tertiary/aromatic N) is 3. The molecule has 2 N–H and O–H groups in total. The summed E-state index contributed by atoms with van der Waals surface area (Å²) in [6.45, 7) is 0.852. The average molecular weight is 563 g/mol. The molecule has 0 bridgehead atoms. The second-order valence-corrected chi connectivity index (χ2v) is 11.0. The zero-order chi connectivity index (χ0) is 28.9. The molecule has 2 heterocycles. The van der Waals surface area contributed by atoms with Gasteiger partial charge in [0.2, 0.25) is 11.8 Å². The van der Waals surface area contributed by atoms with E-state index in [1.807, 2.05) is 48.5 Å². The van der Waals surface area contributed by atoms with Gasteiger partial charge in [-0.2, -0.15) is 5.10 Å². The topological polar surface area (TPSA) is 121 Å². The van der Waals surface area contributed by atoms with Gasteiger partial charge in [-0.3, -0.25) is 9.59 Å². The van der Waals surface area contributed by atoms with Crippen molar-refractivity contribution in [2.24, 2.45) is 16.9 Å². The van der Waals surface area contributed by atoms with E-state index in [4.69, 9.17) is 14.6 Å². The summed E-state index contributed by atoms with van der Waals surface area (Å²) in [5, 5.41) is 18.4. The normalized spacial score (nSPS) is 21.9. The van der Waals surface area contributed by atoms with Gasteiger partial charge in [0.1, 0.15) is 6.04 Å². The quantitative estimate of drug-likeness (QED) is 0.503. The van der Waals surface area contributed by atoms with Crippen LogP contribution in [0.3, 0.4) is 0 Å². The lowest BCUT2D eigenvalue weighted by molar-refractivity contribution is -0.143. The number of rotatable bonds is 8. The summed E-state index contributed by atoms with van der Waals surface area (Å²) in [6.07, 6.45) is 4.04. The Morgan fingerprint density at radius 1 is 0.976 bits per heavy atom. The first-order valence-electron chi connectivity index (χ1n) is 14.4. The fraction of sp³-hybridized carbons (Fsp3) is 0.484. The number of nitrogens with one attached hydrogen (secondary N) is 1. The Morgan fingerprint density at radius 2 is 1.66 bits per heavy atom. The van der Waals surface area contributed by atoms with E-state index < -0.39 is 12.1 Å². The molecular weight excluding hydrogens is 524 g/mol. The van der Waals surface area contributed by atoms with Gasteiger partial charge < -0.3 is 24.8 Å². The molecule has 10 nitrogen and oxygen atoms in total. The number of carboxylic acid groups (broad SMARTS) is 1. The van der Waals surface area contributed by atoms with E-state index in [0.29, 0.717) is 37.4 Å². The molecule has 2 aromatic carbocycles. The van der Waals surface area contributed by atoms with Crippen LogP contribution in [0.25, 0.3) is 0 Å². The van der Waals surface area contributed by atoms with E-state index in [-0.39, 0.29) is 36.1 Å². The third kappa shape index (κ3) is 6.16. The van der Waals surface area contributed by atoms with Crippen molar-refractivity contribution in [2.45, 2.75) is 57.0 Å². The van der Waals surface area contributed by atoms with Crippen LogP contribution >= 0.6 is 0 Å². The summed E-state index contributed by atoms with van der Waals surface area (Å²) in [5.74, 6) is 1.03. The van der Waals surface area contributed by atoms with Crippen molar-refractivity contribution in [3.05, 3.63) is 59.7 Å². The number of hydrogen-bond acceptors (Lipinski definition) is 6. The highest BCUT2D eigenvalue weighted by atomic mass is 16.5. The molecule has 2 fully saturated rings. The number of likely N-dealkylation sites (tertiary alicyclic amines) is 1. The first-order chi connectivity index (χ1) is 19.9. The van der Waals surface area contributed by atoms with Crippen molar-refractivity contribution >= 4 is 23.6 Å². The molecule has 0 aromatic heterocycles. The predicted octanol–water partition coefficient (Wildman–Crippen LogP) is 3.93. The first kappa shape index (κ1) is 28.4. The number of hydrogen-bond donors (Lipinski definition) is 2. The van der Waals surface area contributed by atoms with E-state index in [1.54, 1.807) is 24.1 Å². The molecule has 3 atom stereocenters. The van der Waals surface area contributed by atoms with E-state index >= 15 is 0 Å².